The van der Waals surface area contributed by atoms with Crippen LogP contribution >= 0.6 is 11.6 Å². The first-order valence-electron chi connectivity index (χ1n) is 4.05. The minimum Gasteiger partial charge on any atom is -0.505 e. The molecule has 0 amide bonds. The number of ether oxygens (including phenoxy) is 1. The predicted molar refractivity (Wildman–Crippen MR) is 55.6 cm³/mol. The van der Waals surface area contributed by atoms with E-state index >= 15 is 0 Å². The van der Waals surface area contributed by atoms with E-state index in [0.29, 0.717) is 0 Å². The van der Waals surface area contributed by atoms with Gasteiger partial charge in [-0.1, -0.05) is 17.7 Å². The molecule has 0 saturated carbocycles. The molecule has 12 heavy (non-hydrogen) atoms. The van der Waals surface area contributed by atoms with E-state index in [4.69, 9.17) is 16.3 Å². The van der Waals surface area contributed by atoms with Crippen LogP contribution in [0.1, 0.15) is 5.56 Å². The molecule has 0 fully saturated rings. The van der Waals surface area contributed by atoms with Crippen molar-refractivity contribution in [3.05, 3.63) is 28.8 Å². The molecule has 0 saturated heterocycles. The van der Waals surface area contributed by atoms with Crippen LogP contribution in [-0.2, 0) is 6.42 Å². The van der Waals surface area contributed by atoms with Gasteiger partial charge in [0.05, 0.1) is 0 Å². The van der Waals surface area contributed by atoms with Gasteiger partial charge in [0.25, 0.3) is 0 Å². The van der Waals surface area contributed by atoms with Crippen molar-refractivity contribution < 1.29 is 4.74 Å². The van der Waals surface area contributed by atoms with Crippen LogP contribution in [0.15, 0.2) is 18.2 Å². The standard InChI is InChI=1S/C8H9B2ClO/c9-8(10)4-5-6(11)2-1-3-7(5)12-8/h1-3H,4,9-10H2. The van der Waals surface area contributed by atoms with Crippen LogP contribution in [-0.4, -0.2) is 21.1 Å². The van der Waals surface area contributed by atoms with E-state index in [1.54, 1.807) is 0 Å². The SMILES string of the molecule is BC1(B)Cc2c(Cl)cccc2O1. The maximum Gasteiger partial charge on any atom is 0.147 e. The summed E-state index contributed by atoms with van der Waals surface area (Å²) in [6.07, 6.45) is 0.905. The quantitative estimate of drug-likeness (QED) is 0.515. The zero-order chi connectivity index (χ0) is 8.77. The molecule has 1 aromatic carbocycles. The fourth-order valence-electron chi connectivity index (χ4n) is 1.57. The molecule has 1 aliphatic rings. The normalized spacial score (nSPS) is 18.4. The molecule has 2 rings (SSSR count). The highest BCUT2D eigenvalue weighted by Crippen LogP contribution is 2.36. The van der Waals surface area contributed by atoms with Crippen molar-refractivity contribution in [2.75, 3.05) is 0 Å². The maximum absolute atomic E-state index is 6.02. The van der Waals surface area contributed by atoms with Crippen LogP contribution < -0.4 is 4.74 Å². The van der Waals surface area contributed by atoms with Gasteiger partial charge in [0.15, 0.2) is 0 Å². The highest BCUT2D eigenvalue weighted by atomic mass is 35.5. The lowest BCUT2D eigenvalue weighted by Crippen LogP contribution is -2.34. The molecule has 0 aromatic heterocycles. The second kappa shape index (κ2) is 2.46. The molecule has 1 aliphatic heterocycles. The lowest BCUT2D eigenvalue weighted by atomic mass is 9.63. The zero-order valence-electron chi connectivity index (χ0n) is 7.23. The molecule has 0 atom stereocenters. The minimum atomic E-state index is -0.0900. The van der Waals surface area contributed by atoms with Crippen molar-refractivity contribution in [2.45, 2.75) is 11.8 Å². The molecular weight excluding hydrogens is 169 g/mol. The van der Waals surface area contributed by atoms with Gasteiger partial charge >= 0.3 is 0 Å². The molecule has 60 valence electrons. The Morgan fingerprint density at radius 1 is 1.42 bits per heavy atom. The molecule has 1 heterocycles. The molecule has 0 bridgehead atoms. The first-order chi connectivity index (χ1) is 5.58. The Morgan fingerprint density at radius 3 is 2.83 bits per heavy atom. The van der Waals surface area contributed by atoms with Crippen LogP contribution in [0.4, 0.5) is 0 Å². The van der Waals surface area contributed by atoms with Gasteiger partial charge in [-0.25, -0.2) is 0 Å². The summed E-state index contributed by atoms with van der Waals surface area (Å²) in [6, 6.07) is 5.80. The van der Waals surface area contributed by atoms with Crippen molar-refractivity contribution in [3.8, 4) is 5.75 Å². The smallest absolute Gasteiger partial charge is 0.147 e. The van der Waals surface area contributed by atoms with Crippen LogP contribution in [0.25, 0.3) is 0 Å². The average molecular weight is 178 g/mol. The highest BCUT2D eigenvalue weighted by Gasteiger charge is 2.30. The monoisotopic (exact) mass is 178 g/mol. The lowest BCUT2D eigenvalue weighted by molar-refractivity contribution is 0.274. The Labute approximate surface area is 78.9 Å². The average Bonchev–Trinajstić information content (AvgIpc) is 2.25. The molecule has 1 nitrogen and oxygen atoms in total. The Balaban J connectivity index is 2.48. The predicted octanol–water partition coefficient (Wildman–Crippen LogP) is 0.195. The van der Waals surface area contributed by atoms with E-state index in [2.05, 4.69) is 15.7 Å². The maximum atomic E-state index is 6.02. The third kappa shape index (κ3) is 1.22. The van der Waals surface area contributed by atoms with Gasteiger partial charge in [-0.15, -0.1) is 0 Å². The number of halogens is 1. The summed E-state index contributed by atoms with van der Waals surface area (Å²) in [4.78, 5) is 0. The summed E-state index contributed by atoms with van der Waals surface area (Å²) in [7, 11) is 4.15. The summed E-state index contributed by atoms with van der Waals surface area (Å²) in [5.74, 6) is 0.938. The first-order valence-corrected chi connectivity index (χ1v) is 4.43. The topological polar surface area (TPSA) is 9.23 Å². The van der Waals surface area contributed by atoms with Crippen molar-refractivity contribution >= 4 is 27.3 Å². The number of fused-ring (bicyclic) bond motifs is 1. The Bertz CT molecular complexity index is 325. The molecule has 4 heteroatoms. The third-order valence-electron chi connectivity index (χ3n) is 2.06. The second-order valence-corrected chi connectivity index (χ2v) is 4.16. The van der Waals surface area contributed by atoms with Crippen LogP contribution in [0.3, 0.4) is 0 Å². The van der Waals surface area contributed by atoms with E-state index in [0.717, 1.165) is 22.8 Å². The van der Waals surface area contributed by atoms with Gasteiger partial charge < -0.3 is 4.74 Å². The summed E-state index contributed by atoms with van der Waals surface area (Å²) >= 11 is 6.02. The fraction of sp³-hybridized carbons (Fsp3) is 0.250. The third-order valence-corrected chi connectivity index (χ3v) is 2.42. The minimum absolute atomic E-state index is 0.0900. The van der Waals surface area contributed by atoms with E-state index < -0.39 is 0 Å². The first kappa shape index (κ1) is 8.06. The van der Waals surface area contributed by atoms with E-state index in [-0.39, 0.29) is 5.40 Å². The molecule has 0 radical (unpaired) electrons. The molecular formula is C8H9B2ClO. The van der Waals surface area contributed by atoms with Gasteiger partial charge in [-0.2, -0.15) is 0 Å². The van der Waals surface area contributed by atoms with Crippen molar-refractivity contribution in [2.24, 2.45) is 0 Å². The van der Waals surface area contributed by atoms with Gasteiger partial charge in [0.1, 0.15) is 21.4 Å². The van der Waals surface area contributed by atoms with Crippen LogP contribution in [0.5, 0.6) is 5.75 Å². The van der Waals surface area contributed by atoms with Gasteiger partial charge in [-0.3, -0.25) is 0 Å². The highest BCUT2D eigenvalue weighted by molar-refractivity contribution is 6.40. The van der Waals surface area contributed by atoms with E-state index in [9.17, 15) is 0 Å². The number of hydrogen-bond donors (Lipinski definition) is 0. The number of benzene rings is 1. The van der Waals surface area contributed by atoms with Crippen LogP contribution in [0.2, 0.25) is 5.02 Å². The summed E-state index contributed by atoms with van der Waals surface area (Å²) in [6.45, 7) is 0. The van der Waals surface area contributed by atoms with Gasteiger partial charge in [0.2, 0.25) is 0 Å². The second-order valence-electron chi connectivity index (χ2n) is 3.76. The Morgan fingerprint density at radius 2 is 2.17 bits per heavy atom. The van der Waals surface area contributed by atoms with Crippen molar-refractivity contribution in [1.82, 2.24) is 0 Å². The molecule has 0 aliphatic carbocycles. The number of hydrogen-bond acceptors (Lipinski definition) is 1. The molecule has 0 N–H and O–H groups in total. The molecule has 0 spiro atoms. The van der Waals surface area contributed by atoms with E-state index in [1.165, 1.54) is 0 Å². The molecule has 1 aromatic rings. The summed E-state index contributed by atoms with van der Waals surface area (Å²) in [5.41, 5.74) is 1.14. The summed E-state index contributed by atoms with van der Waals surface area (Å²) in [5, 5.41) is 0.728. The largest absolute Gasteiger partial charge is 0.505 e. The van der Waals surface area contributed by atoms with Crippen molar-refractivity contribution in [1.29, 1.82) is 0 Å². The van der Waals surface area contributed by atoms with Crippen LogP contribution in [0, 0.1) is 0 Å². The number of rotatable bonds is 0. The zero-order valence-corrected chi connectivity index (χ0v) is 7.98. The summed E-state index contributed by atoms with van der Waals surface area (Å²) < 4.78 is 5.69. The fourth-order valence-corrected chi connectivity index (χ4v) is 1.80. The van der Waals surface area contributed by atoms with E-state index in [1.807, 2.05) is 18.2 Å². The van der Waals surface area contributed by atoms with Gasteiger partial charge in [-0.05, 0) is 12.1 Å². The molecule has 0 unspecified atom stereocenters. The van der Waals surface area contributed by atoms with Crippen molar-refractivity contribution in [3.63, 3.8) is 0 Å². The Kier molecular flexibility index (Phi) is 1.65. The van der Waals surface area contributed by atoms with Gasteiger partial charge in [0, 0.05) is 22.4 Å². The Hall–Kier alpha value is -0.560. The lowest BCUT2D eigenvalue weighted by Gasteiger charge is -2.16.